The molecule has 2 saturated heterocycles. The van der Waals surface area contributed by atoms with Gasteiger partial charge in [0.05, 0.1) is 31.1 Å². The highest BCUT2D eigenvalue weighted by atomic mass is 32.2. The van der Waals surface area contributed by atoms with Crippen molar-refractivity contribution in [3.8, 4) is 0 Å². The van der Waals surface area contributed by atoms with Crippen molar-refractivity contribution < 1.29 is 18.1 Å². The van der Waals surface area contributed by atoms with E-state index < -0.39 is 10.0 Å². The van der Waals surface area contributed by atoms with Crippen LogP contribution in [0.5, 0.6) is 0 Å². The molecule has 0 bridgehead atoms. The molecule has 1 aromatic carbocycles. The molecule has 0 aliphatic carbocycles. The Bertz CT molecular complexity index is 763. The molecule has 1 aromatic rings. The van der Waals surface area contributed by atoms with Crippen LogP contribution in [0.1, 0.15) is 36.8 Å². The summed E-state index contributed by atoms with van der Waals surface area (Å²) in [5.74, 6) is 0.220. The Labute approximate surface area is 163 Å². The van der Waals surface area contributed by atoms with Crippen LogP contribution in [0.2, 0.25) is 0 Å². The maximum Gasteiger partial charge on any atom is 0.277 e. The molecule has 2 fully saturated rings. The summed E-state index contributed by atoms with van der Waals surface area (Å²) in [5, 5.41) is 0. The summed E-state index contributed by atoms with van der Waals surface area (Å²) >= 11 is 0. The largest absolute Gasteiger partial charge is 0.338 e. The van der Waals surface area contributed by atoms with Gasteiger partial charge in [-0.15, -0.1) is 0 Å². The number of amides is 1. The van der Waals surface area contributed by atoms with Gasteiger partial charge in [-0.1, -0.05) is 25.0 Å². The Morgan fingerprint density at radius 1 is 1.00 bits per heavy atom. The van der Waals surface area contributed by atoms with Crippen molar-refractivity contribution in [3.63, 3.8) is 0 Å². The second-order valence-electron chi connectivity index (χ2n) is 7.89. The lowest BCUT2D eigenvalue weighted by atomic mass is 10.2. The van der Waals surface area contributed by atoms with Gasteiger partial charge in [0, 0.05) is 13.1 Å². The molecule has 0 spiro atoms. The van der Waals surface area contributed by atoms with Gasteiger partial charge in [0.15, 0.2) is 6.54 Å². The molecule has 0 unspecified atom stereocenters. The topological polar surface area (TPSA) is 62.1 Å². The molecule has 7 heteroatoms. The highest BCUT2D eigenvalue weighted by Gasteiger charge is 2.32. The number of nitrogens with zero attached hydrogens (tertiary/aromatic N) is 2. The second-order valence-corrected chi connectivity index (χ2v) is 9.80. The number of carbonyl (C=O) groups excluding carboxylic acids is 1. The molecule has 2 aliphatic rings. The number of sulfonamides is 1. The molecule has 0 radical (unpaired) electrons. The van der Waals surface area contributed by atoms with Crippen LogP contribution in [-0.4, -0.2) is 69.3 Å². The molecule has 27 heavy (non-hydrogen) atoms. The van der Waals surface area contributed by atoms with Gasteiger partial charge < -0.3 is 9.80 Å². The molecule has 1 N–H and O–H groups in total. The molecule has 0 saturated carbocycles. The zero-order valence-electron chi connectivity index (χ0n) is 16.5. The number of quaternary nitrogens is 1. The molecule has 2 aliphatic heterocycles. The Morgan fingerprint density at radius 3 is 2.26 bits per heavy atom. The average molecular weight is 395 g/mol. The van der Waals surface area contributed by atoms with Crippen molar-refractivity contribution in [1.82, 2.24) is 9.21 Å². The number of nitrogens with one attached hydrogen (secondary N) is 1. The average Bonchev–Trinajstić information content (AvgIpc) is 2.93. The highest BCUT2D eigenvalue weighted by molar-refractivity contribution is 7.89. The highest BCUT2D eigenvalue weighted by Crippen LogP contribution is 2.21. The fraction of sp³-hybridized carbons (Fsp3) is 0.650. The maximum atomic E-state index is 13.0. The smallest absolute Gasteiger partial charge is 0.277 e. The zero-order valence-corrected chi connectivity index (χ0v) is 17.4. The second kappa shape index (κ2) is 8.71. The van der Waals surface area contributed by atoms with Crippen LogP contribution in [0.15, 0.2) is 23.1 Å². The van der Waals surface area contributed by atoms with Crippen molar-refractivity contribution in [2.45, 2.75) is 44.4 Å². The Kier molecular flexibility index (Phi) is 6.55. The van der Waals surface area contributed by atoms with Crippen molar-refractivity contribution >= 4 is 15.9 Å². The number of hydrogen-bond acceptors (Lipinski definition) is 3. The Morgan fingerprint density at radius 2 is 1.63 bits per heavy atom. The lowest BCUT2D eigenvalue weighted by Crippen LogP contribution is -3.15. The quantitative estimate of drug-likeness (QED) is 0.813. The van der Waals surface area contributed by atoms with E-state index in [1.54, 1.807) is 10.4 Å². The summed E-state index contributed by atoms with van der Waals surface area (Å²) in [6.07, 6.45) is 4.63. The minimum atomic E-state index is -3.47. The van der Waals surface area contributed by atoms with Gasteiger partial charge in [0.2, 0.25) is 10.0 Å². The molecule has 0 atom stereocenters. The predicted octanol–water partition coefficient (Wildman–Crippen LogP) is 0.595. The van der Waals surface area contributed by atoms with E-state index in [0.29, 0.717) is 37.6 Å². The van der Waals surface area contributed by atoms with E-state index >= 15 is 0 Å². The Balaban J connectivity index is 1.58. The van der Waals surface area contributed by atoms with Gasteiger partial charge in [0.1, 0.15) is 0 Å². The van der Waals surface area contributed by atoms with Gasteiger partial charge in [-0.05, 0) is 43.9 Å². The normalized spacial score (nSPS) is 20.4. The van der Waals surface area contributed by atoms with E-state index in [2.05, 4.69) is 0 Å². The first-order valence-corrected chi connectivity index (χ1v) is 11.5. The molecule has 150 valence electrons. The van der Waals surface area contributed by atoms with Crippen LogP contribution in [-0.2, 0) is 14.8 Å². The third kappa shape index (κ3) is 4.89. The number of piperazine rings is 1. The summed E-state index contributed by atoms with van der Waals surface area (Å²) in [5.41, 5.74) is 1.73. The van der Waals surface area contributed by atoms with Crippen molar-refractivity contribution in [3.05, 3.63) is 29.3 Å². The van der Waals surface area contributed by atoms with Crippen LogP contribution in [0.4, 0.5) is 0 Å². The third-order valence-electron chi connectivity index (χ3n) is 5.75. The first-order chi connectivity index (χ1) is 12.9. The third-order valence-corrected chi connectivity index (χ3v) is 7.79. The number of rotatable bonds is 4. The molecular formula is C20H32N3O3S+. The van der Waals surface area contributed by atoms with E-state index in [1.165, 1.54) is 17.7 Å². The first-order valence-electron chi connectivity index (χ1n) is 10.1. The van der Waals surface area contributed by atoms with Gasteiger partial charge in [-0.25, -0.2) is 8.42 Å². The summed E-state index contributed by atoms with van der Waals surface area (Å²) in [6.45, 7) is 8.29. The summed E-state index contributed by atoms with van der Waals surface area (Å²) in [4.78, 5) is 16.2. The van der Waals surface area contributed by atoms with Gasteiger partial charge in [-0.2, -0.15) is 4.31 Å². The van der Waals surface area contributed by atoms with E-state index in [4.69, 9.17) is 0 Å². The van der Waals surface area contributed by atoms with E-state index in [0.717, 1.165) is 37.1 Å². The van der Waals surface area contributed by atoms with E-state index in [9.17, 15) is 13.2 Å². The molecule has 2 heterocycles. The molecule has 0 aromatic heterocycles. The van der Waals surface area contributed by atoms with Crippen molar-refractivity contribution in [2.24, 2.45) is 0 Å². The van der Waals surface area contributed by atoms with Crippen LogP contribution < -0.4 is 4.90 Å². The van der Waals surface area contributed by atoms with Gasteiger partial charge >= 0.3 is 0 Å². The SMILES string of the molecule is Cc1ccc(C)c(S(=O)(=O)N2CC[NH+](CC(=O)N3CCCCCC3)CC2)c1. The summed E-state index contributed by atoms with van der Waals surface area (Å²) in [7, 11) is -3.47. The maximum absolute atomic E-state index is 13.0. The lowest BCUT2D eigenvalue weighted by molar-refractivity contribution is -0.896. The van der Waals surface area contributed by atoms with Gasteiger partial charge in [-0.3, -0.25) is 4.79 Å². The first kappa shape index (κ1) is 20.3. The number of benzene rings is 1. The fourth-order valence-electron chi connectivity index (χ4n) is 3.99. The minimum Gasteiger partial charge on any atom is -0.338 e. The minimum absolute atomic E-state index is 0.220. The molecule has 1 amide bonds. The number of aryl methyl sites for hydroxylation is 2. The lowest BCUT2D eigenvalue weighted by Gasteiger charge is -2.32. The number of carbonyl (C=O) groups is 1. The van der Waals surface area contributed by atoms with Crippen LogP contribution in [0.3, 0.4) is 0 Å². The van der Waals surface area contributed by atoms with Crippen molar-refractivity contribution in [2.75, 3.05) is 45.8 Å². The molecule has 6 nitrogen and oxygen atoms in total. The van der Waals surface area contributed by atoms with Crippen LogP contribution >= 0.6 is 0 Å². The summed E-state index contributed by atoms with van der Waals surface area (Å²) in [6, 6.07) is 5.56. The number of likely N-dealkylation sites (tertiary alicyclic amines) is 1. The Hall–Kier alpha value is -1.44. The van der Waals surface area contributed by atoms with E-state index in [-0.39, 0.29) is 5.91 Å². The molecular weight excluding hydrogens is 362 g/mol. The summed E-state index contributed by atoms with van der Waals surface area (Å²) < 4.78 is 27.6. The monoisotopic (exact) mass is 394 g/mol. The van der Waals surface area contributed by atoms with Gasteiger partial charge in [0.25, 0.3) is 5.91 Å². The van der Waals surface area contributed by atoms with E-state index in [1.807, 2.05) is 30.9 Å². The zero-order chi connectivity index (χ0) is 19.4. The standard InChI is InChI=1S/C20H31N3O3S/c1-17-7-8-18(2)19(15-17)27(25,26)23-13-11-21(12-14-23)16-20(24)22-9-5-3-4-6-10-22/h7-8,15H,3-6,9-14,16H2,1-2H3/p+1. The van der Waals surface area contributed by atoms with Crippen LogP contribution in [0, 0.1) is 13.8 Å². The fourth-order valence-corrected chi connectivity index (χ4v) is 5.74. The number of hydrogen-bond donors (Lipinski definition) is 1. The molecule has 3 rings (SSSR count). The van der Waals surface area contributed by atoms with Crippen molar-refractivity contribution in [1.29, 1.82) is 0 Å². The predicted molar refractivity (Wildman–Crippen MR) is 105 cm³/mol. The van der Waals surface area contributed by atoms with Crippen LogP contribution in [0.25, 0.3) is 0 Å².